The number of rotatable bonds is 11. The topological polar surface area (TPSA) is 52.6 Å². The highest BCUT2D eigenvalue weighted by atomic mass is 19.4. The van der Waals surface area contributed by atoms with Gasteiger partial charge in [-0.2, -0.15) is 26.3 Å². The molecule has 0 saturated heterocycles. The number of halogens is 6. The first kappa shape index (κ1) is 28.5. The fraction of sp³-hybridized carbons (Fsp3) is 0.900. The van der Waals surface area contributed by atoms with Gasteiger partial charge in [0.25, 0.3) is 6.10 Å². The second-order valence-corrected chi connectivity index (χ2v) is 8.12. The zero-order valence-electron chi connectivity index (χ0n) is 18.3. The van der Waals surface area contributed by atoms with E-state index < -0.39 is 41.9 Å². The van der Waals surface area contributed by atoms with Gasteiger partial charge in [-0.1, -0.05) is 48.0 Å². The first-order valence-corrected chi connectivity index (χ1v) is 10.0. The number of carbonyl (C=O) groups is 2. The van der Waals surface area contributed by atoms with E-state index in [0.717, 1.165) is 6.42 Å². The van der Waals surface area contributed by atoms with Crippen molar-refractivity contribution in [2.24, 2.45) is 11.3 Å². The van der Waals surface area contributed by atoms with Gasteiger partial charge in [0.15, 0.2) is 0 Å². The van der Waals surface area contributed by atoms with Crippen LogP contribution in [0, 0.1) is 11.3 Å². The molecule has 0 aliphatic heterocycles. The summed E-state index contributed by atoms with van der Waals surface area (Å²) in [6.45, 7) is 10.4. The number of alkyl halides is 6. The molecule has 0 bridgehead atoms. The van der Waals surface area contributed by atoms with Crippen LogP contribution in [0.25, 0.3) is 0 Å². The number of ether oxygens (including phenoxy) is 2. The van der Waals surface area contributed by atoms with E-state index >= 15 is 0 Å². The molecule has 30 heavy (non-hydrogen) atoms. The van der Waals surface area contributed by atoms with E-state index in [0.29, 0.717) is 6.42 Å². The Morgan fingerprint density at radius 1 is 0.833 bits per heavy atom. The lowest BCUT2D eigenvalue weighted by Crippen LogP contribution is -2.51. The molecule has 0 aliphatic rings. The number of hydrogen-bond donors (Lipinski definition) is 0. The Bertz CT molecular complexity index is 551. The van der Waals surface area contributed by atoms with E-state index in [1.807, 2.05) is 20.8 Å². The predicted molar refractivity (Wildman–Crippen MR) is 98.5 cm³/mol. The van der Waals surface area contributed by atoms with Crippen molar-refractivity contribution in [1.29, 1.82) is 0 Å². The third kappa shape index (κ3) is 7.98. The van der Waals surface area contributed by atoms with Gasteiger partial charge < -0.3 is 9.47 Å². The number of esters is 2. The smallest absolute Gasteiger partial charge is 0.434 e. The molecule has 1 unspecified atom stereocenters. The summed E-state index contributed by atoms with van der Waals surface area (Å²) in [5.41, 5.74) is -1.70. The van der Waals surface area contributed by atoms with Gasteiger partial charge in [0, 0.05) is 6.42 Å². The molecule has 0 aromatic heterocycles. The van der Waals surface area contributed by atoms with Crippen molar-refractivity contribution < 1.29 is 45.4 Å². The summed E-state index contributed by atoms with van der Waals surface area (Å²) in [7, 11) is 0. The molecular weight excluding hydrogens is 418 g/mol. The minimum absolute atomic E-state index is 0.0157. The molecule has 0 spiro atoms. The summed E-state index contributed by atoms with van der Waals surface area (Å²) in [6.07, 6.45) is -14.7. The van der Waals surface area contributed by atoms with Crippen LogP contribution in [-0.2, 0) is 19.1 Å². The molecular formula is C20H32F6O4. The van der Waals surface area contributed by atoms with E-state index in [-0.39, 0.29) is 31.1 Å². The van der Waals surface area contributed by atoms with Crippen molar-refractivity contribution >= 4 is 11.9 Å². The van der Waals surface area contributed by atoms with Gasteiger partial charge in [-0.25, -0.2) is 0 Å². The Morgan fingerprint density at radius 2 is 1.30 bits per heavy atom. The third-order valence-electron chi connectivity index (χ3n) is 5.63. The molecule has 0 heterocycles. The molecule has 0 aromatic carbocycles. The summed E-state index contributed by atoms with van der Waals surface area (Å²) in [6, 6.07) is 0. The molecule has 178 valence electrons. The Kier molecular flexibility index (Phi) is 10.2. The summed E-state index contributed by atoms with van der Waals surface area (Å²) < 4.78 is 86.0. The molecule has 0 N–H and O–H groups in total. The molecule has 4 nitrogen and oxygen atoms in total. The molecule has 1 atom stereocenters. The van der Waals surface area contributed by atoms with E-state index in [1.54, 1.807) is 13.8 Å². The van der Waals surface area contributed by atoms with Crippen LogP contribution in [0.1, 0.15) is 80.1 Å². The van der Waals surface area contributed by atoms with E-state index in [1.165, 1.54) is 6.92 Å². The lowest BCUT2D eigenvalue weighted by atomic mass is 9.80. The quantitative estimate of drug-likeness (QED) is 0.271. The van der Waals surface area contributed by atoms with Crippen molar-refractivity contribution in [2.75, 3.05) is 0 Å². The Labute approximate surface area is 173 Å². The molecule has 0 saturated carbocycles. The Hall–Kier alpha value is -1.48. The van der Waals surface area contributed by atoms with Gasteiger partial charge in [0.1, 0.15) is 5.60 Å². The van der Waals surface area contributed by atoms with Gasteiger partial charge in [0.2, 0.25) is 0 Å². The summed E-state index contributed by atoms with van der Waals surface area (Å²) in [4.78, 5) is 24.8. The molecule has 0 aliphatic carbocycles. The molecule has 10 heteroatoms. The fourth-order valence-corrected chi connectivity index (χ4v) is 3.12. The highest BCUT2D eigenvalue weighted by molar-refractivity contribution is 5.76. The van der Waals surface area contributed by atoms with Crippen LogP contribution in [0.3, 0.4) is 0 Å². The predicted octanol–water partition coefficient (Wildman–Crippen LogP) is 6.37. The number of carbonyl (C=O) groups excluding carboxylic acids is 2. The summed E-state index contributed by atoms with van der Waals surface area (Å²) in [5, 5.41) is 0. The standard InChI is InChI=1S/C20H32F6O4/c1-7-13(15(28)29-16(19(21,22)23)20(24,25)26)18(9-3,10-4)30-14(27)11-12-17(5,6)8-2/h13,16H,7-12H2,1-6H3. The average Bonchev–Trinajstić information content (AvgIpc) is 2.62. The first-order chi connectivity index (χ1) is 13.5. The first-order valence-electron chi connectivity index (χ1n) is 10.0. The van der Waals surface area contributed by atoms with E-state index in [9.17, 15) is 35.9 Å². The monoisotopic (exact) mass is 450 g/mol. The van der Waals surface area contributed by atoms with Crippen LogP contribution < -0.4 is 0 Å². The van der Waals surface area contributed by atoms with Gasteiger partial charge in [-0.15, -0.1) is 0 Å². The zero-order valence-corrected chi connectivity index (χ0v) is 18.3. The Morgan fingerprint density at radius 3 is 1.63 bits per heavy atom. The molecule has 0 rings (SSSR count). The lowest BCUT2D eigenvalue weighted by molar-refractivity contribution is -0.315. The van der Waals surface area contributed by atoms with Gasteiger partial charge in [0.05, 0.1) is 5.92 Å². The normalized spacial score (nSPS) is 14.6. The van der Waals surface area contributed by atoms with Crippen LogP contribution in [0.5, 0.6) is 0 Å². The van der Waals surface area contributed by atoms with Crippen LogP contribution in [0.4, 0.5) is 26.3 Å². The second-order valence-electron chi connectivity index (χ2n) is 8.12. The van der Waals surface area contributed by atoms with Crippen molar-refractivity contribution in [1.82, 2.24) is 0 Å². The van der Waals surface area contributed by atoms with Crippen molar-refractivity contribution in [3.8, 4) is 0 Å². The molecule has 0 aromatic rings. The summed E-state index contributed by atoms with van der Waals surface area (Å²) >= 11 is 0. The third-order valence-corrected chi connectivity index (χ3v) is 5.63. The van der Waals surface area contributed by atoms with Crippen molar-refractivity contribution in [3.05, 3.63) is 0 Å². The van der Waals surface area contributed by atoms with Crippen molar-refractivity contribution in [3.63, 3.8) is 0 Å². The summed E-state index contributed by atoms with van der Waals surface area (Å²) in [5.74, 6) is -3.82. The van der Waals surface area contributed by atoms with Crippen molar-refractivity contribution in [2.45, 2.75) is 104 Å². The molecule has 0 fully saturated rings. The maximum absolute atomic E-state index is 12.8. The highest BCUT2D eigenvalue weighted by Gasteiger charge is 2.61. The van der Waals surface area contributed by atoms with Gasteiger partial charge in [-0.3, -0.25) is 9.59 Å². The highest BCUT2D eigenvalue weighted by Crippen LogP contribution is 2.39. The lowest BCUT2D eigenvalue weighted by Gasteiger charge is -2.38. The average molecular weight is 450 g/mol. The molecule has 0 radical (unpaired) electrons. The zero-order chi connectivity index (χ0) is 24.0. The maximum atomic E-state index is 12.8. The Balaban J connectivity index is 5.64. The maximum Gasteiger partial charge on any atom is 0.434 e. The van der Waals surface area contributed by atoms with E-state index in [4.69, 9.17) is 4.74 Å². The van der Waals surface area contributed by atoms with Crippen LogP contribution in [-0.4, -0.2) is 36.0 Å². The number of hydrogen-bond acceptors (Lipinski definition) is 4. The van der Waals surface area contributed by atoms with Gasteiger partial charge in [-0.05, 0) is 31.1 Å². The largest absolute Gasteiger partial charge is 0.458 e. The van der Waals surface area contributed by atoms with Crippen LogP contribution in [0.2, 0.25) is 0 Å². The van der Waals surface area contributed by atoms with Crippen LogP contribution in [0.15, 0.2) is 0 Å². The van der Waals surface area contributed by atoms with Crippen LogP contribution >= 0.6 is 0 Å². The minimum Gasteiger partial charge on any atom is -0.458 e. The minimum atomic E-state index is -5.81. The second kappa shape index (κ2) is 10.7. The molecule has 0 amide bonds. The SMILES string of the molecule is CCC(C(=O)OC(C(F)(F)F)C(F)(F)F)C(CC)(CC)OC(=O)CCC(C)(C)CC. The van der Waals surface area contributed by atoms with Gasteiger partial charge >= 0.3 is 24.3 Å². The van der Waals surface area contributed by atoms with E-state index in [2.05, 4.69) is 4.74 Å². The fourth-order valence-electron chi connectivity index (χ4n) is 3.12.